The van der Waals surface area contributed by atoms with E-state index in [0.29, 0.717) is 4.90 Å². The summed E-state index contributed by atoms with van der Waals surface area (Å²) in [7, 11) is -3.15. The van der Waals surface area contributed by atoms with Crippen LogP contribution in [0.5, 0.6) is 0 Å². The fourth-order valence-corrected chi connectivity index (χ4v) is 5.12. The maximum Gasteiger partial charge on any atom is 0.181 e. The fraction of sp³-hybridized carbons (Fsp3) is 0.545. The molecule has 0 amide bonds. The van der Waals surface area contributed by atoms with Gasteiger partial charge in [0, 0.05) is 30.9 Å². The van der Waals surface area contributed by atoms with Crippen molar-refractivity contribution in [2.75, 3.05) is 18.8 Å². The summed E-state index contributed by atoms with van der Waals surface area (Å²) in [4.78, 5) is 4.35. The predicted molar refractivity (Wildman–Crippen MR) is 63.0 cm³/mol. The lowest BCUT2D eigenvalue weighted by Gasteiger charge is -2.37. The Balaban J connectivity index is 2.11. The van der Waals surface area contributed by atoms with Gasteiger partial charge in [0.15, 0.2) is 9.84 Å². The van der Waals surface area contributed by atoms with Crippen LogP contribution < -0.4 is 5.84 Å². The molecule has 1 saturated heterocycles. The molecule has 2 aliphatic rings. The minimum Gasteiger partial charge on any atom is -0.269 e. The third-order valence-corrected chi connectivity index (χ3v) is 5.84. The van der Waals surface area contributed by atoms with Crippen molar-refractivity contribution in [3.63, 3.8) is 0 Å². The first-order valence-electron chi connectivity index (χ1n) is 5.70. The Morgan fingerprint density at radius 2 is 2.06 bits per heavy atom. The van der Waals surface area contributed by atoms with Crippen LogP contribution in [0.1, 0.15) is 18.4 Å². The summed E-state index contributed by atoms with van der Waals surface area (Å²) in [5, 5.41) is 1.76. The average Bonchev–Trinajstić information content (AvgIpc) is 2.53. The summed E-state index contributed by atoms with van der Waals surface area (Å²) in [5.41, 5.74) is 0.716. The van der Waals surface area contributed by atoms with E-state index in [1.54, 1.807) is 11.2 Å². The quantitative estimate of drug-likeness (QED) is 0.662. The van der Waals surface area contributed by atoms with E-state index < -0.39 is 9.84 Å². The van der Waals surface area contributed by atoms with Crippen LogP contribution in [-0.2, 0) is 15.3 Å². The van der Waals surface area contributed by atoms with Crippen molar-refractivity contribution in [1.82, 2.24) is 9.99 Å². The lowest BCUT2D eigenvalue weighted by atomic mass is 9.75. The molecule has 3 heterocycles. The number of hydrogen-bond acceptors (Lipinski definition) is 5. The minimum absolute atomic E-state index is 0.217. The van der Waals surface area contributed by atoms with Crippen molar-refractivity contribution in [2.45, 2.75) is 23.2 Å². The molecule has 0 radical (unpaired) electrons. The molecular formula is C11H15N3O2S. The SMILES string of the molecule is NN1CCC2(CC1)CS(=O)(=O)c1cnccc12. The lowest BCUT2D eigenvalue weighted by molar-refractivity contribution is 0.174. The van der Waals surface area contributed by atoms with E-state index in [2.05, 4.69) is 4.98 Å². The van der Waals surface area contributed by atoms with E-state index in [-0.39, 0.29) is 11.2 Å². The Labute approximate surface area is 101 Å². The Bertz CT molecular complexity index is 548. The number of pyridine rings is 1. The second kappa shape index (κ2) is 3.51. The van der Waals surface area contributed by atoms with Gasteiger partial charge in [0.25, 0.3) is 0 Å². The van der Waals surface area contributed by atoms with E-state index in [1.807, 2.05) is 6.07 Å². The highest BCUT2D eigenvalue weighted by Crippen LogP contribution is 2.45. The van der Waals surface area contributed by atoms with Crippen LogP contribution in [0.3, 0.4) is 0 Å². The zero-order valence-electron chi connectivity index (χ0n) is 9.46. The van der Waals surface area contributed by atoms with Crippen molar-refractivity contribution in [1.29, 1.82) is 0 Å². The molecule has 1 spiro atoms. The van der Waals surface area contributed by atoms with E-state index in [4.69, 9.17) is 5.84 Å². The Kier molecular flexibility index (Phi) is 2.30. The second-order valence-electron chi connectivity index (χ2n) is 4.95. The van der Waals surface area contributed by atoms with Crippen LogP contribution in [0.25, 0.3) is 0 Å². The number of fused-ring (bicyclic) bond motifs is 2. The number of hydrazine groups is 1. The first-order valence-corrected chi connectivity index (χ1v) is 7.36. The molecule has 0 bridgehead atoms. The Morgan fingerprint density at radius 3 is 2.76 bits per heavy atom. The van der Waals surface area contributed by atoms with Crippen LogP contribution in [0, 0.1) is 0 Å². The van der Waals surface area contributed by atoms with Gasteiger partial charge in [0.05, 0.1) is 10.6 Å². The molecular weight excluding hydrogens is 238 g/mol. The molecule has 17 heavy (non-hydrogen) atoms. The standard InChI is InChI=1S/C11H15N3O2S/c12-14-5-2-11(3-6-14)8-17(15,16)10-7-13-4-1-9(10)11/h1,4,7H,2-3,5-6,8,12H2. The summed E-state index contributed by atoms with van der Waals surface area (Å²) in [6, 6.07) is 1.85. The van der Waals surface area contributed by atoms with Gasteiger partial charge >= 0.3 is 0 Å². The minimum atomic E-state index is -3.15. The molecule has 2 aliphatic heterocycles. The molecule has 0 aliphatic carbocycles. The summed E-state index contributed by atoms with van der Waals surface area (Å²) in [6.07, 6.45) is 4.77. The number of nitrogens with two attached hydrogens (primary N) is 1. The summed E-state index contributed by atoms with van der Waals surface area (Å²) in [5.74, 6) is 5.96. The number of sulfone groups is 1. The van der Waals surface area contributed by atoms with Gasteiger partial charge in [0.1, 0.15) is 0 Å². The number of nitrogens with zero attached hydrogens (tertiary/aromatic N) is 2. The zero-order chi connectivity index (χ0) is 12.1. The van der Waals surface area contributed by atoms with Crippen LogP contribution in [0.15, 0.2) is 23.4 Å². The van der Waals surface area contributed by atoms with Crippen molar-refractivity contribution in [3.05, 3.63) is 24.0 Å². The number of hydrogen-bond donors (Lipinski definition) is 1. The van der Waals surface area contributed by atoms with Crippen LogP contribution >= 0.6 is 0 Å². The van der Waals surface area contributed by atoms with Crippen molar-refractivity contribution < 1.29 is 8.42 Å². The van der Waals surface area contributed by atoms with Gasteiger partial charge in [-0.25, -0.2) is 13.4 Å². The average molecular weight is 253 g/mol. The first-order chi connectivity index (χ1) is 8.04. The number of aromatic nitrogens is 1. The third kappa shape index (κ3) is 1.59. The molecule has 1 aromatic heterocycles. The van der Waals surface area contributed by atoms with E-state index in [1.165, 1.54) is 6.20 Å². The van der Waals surface area contributed by atoms with E-state index in [9.17, 15) is 8.42 Å². The Morgan fingerprint density at radius 1 is 1.35 bits per heavy atom. The molecule has 0 atom stereocenters. The molecule has 6 heteroatoms. The molecule has 1 fully saturated rings. The van der Waals surface area contributed by atoms with Crippen molar-refractivity contribution in [3.8, 4) is 0 Å². The lowest BCUT2D eigenvalue weighted by Crippen LogP contribution is -2.46. The molecule has 0 saturated carbocycles. The van der Waals surface area contributed by atoms with Gasteiger partial charge in [-0.2, -0.15) is 0 Å². The van der Waals surface area contributed by atoms with Crippen LogP contribution in [-0.4, -0.2) is 37.3 Å². The molecule has 0 unspecified atom stereocenters. The van der Waals surface area contributed by atoms with Gasteiger partial charge in [0.2, 0.25) is 0 Å². The molecule has 5 nitrogen and oxygen atoms in total. The Hall–Kier alpha value is -0.980. The molecule has 0 aromatic carbocycles. The fourth-order valence-electron chi connectivity index (χ4n) is 2.95. The van der Waals surface area contributed by atoms with Crippen LogP contribution in [0.2, 0.25) is 0 Å². The van der Waals surface area contributed by atoms with Gasteiger partial charge < -0.3 is 0 Å². The largest absolute Gasteiger partial charge is 0.269 e. The molecule has 92 valence electrons. The topological polar surface area (TPSA) is 76.3 Å². The predicted octanol–water partition coefficient (Wildman–Crippen LogP) is 0.0762. The van der Waals surface area contributed by atoms with Crippen molar-refractivity contribution >= 4 is 9.84 Å². The monoisotopic (exact) mass is 253 g/mol. The first kappa shape index (κ1) is 11.1. The normalized spacial score (nSPS) is 25.9. The maximum absolute atomic E-state index is 12.1. The van der Waals surface area contributed by atoms with Gasteiger partial charge in [-0.15, -0.1) is 0 Å². The van der Waals surface area contributed by atoms with Crippen molar-refractivity contribution in [2.24, 2.45) is 5.84 Å². The van der Waals surface area contributed by atoms with Gasteiger partial charge in [-0.3, -0.25) is 10.8 Å². The molecule has 2 N–H and O–H groups in total. The number of piperidine rings is 1. The smallest absolute Gasteiger partial charge is 0.181 e. The highest BCUT2D eigenvalue weighted by molar-refractivity contribution is 7.91. The highest BCUT2D eigenvalue weighted by atomic mass is 32.2. The number of rotatable bonds is 0. The summed E-state index contributed by atoms with van der Waals surface area (Å²) < 4.78 is 24.2. The maximum atomic E-state index is 12.1. The van der Waals surface area contributed by atoms with E-state index >= 15 is 0 Å². The van der Waals surface area contributed by atoms with Crippen LogP contribution in [0.4, 0.5) is 0 Å². The molecule has 3 rings (SSSR count). The summed E-state index contributed by atoms with van der Waals surface area (Å²) >= 11 is 0. The second-order valence-corrected chi connectivity index (χ2v) is 6.91. The van der Waals surface area contributed by atoms with Gasteiger partial charge in [-0.05, 0) is 24.5 Å². The molecule has 1 aromatic rings. The van der Waals surface area contributed by atoms with E-state index in [0.717, 1.165) is 31.5 Å². The highest BCUT2D eigenvalue weighted by Gasteiger charge is 2.48. The summed E-state index contributed by atoms with van der Waals surface area (Å²) in [6.45, 7) is 1.49. The van der Waals surface area contributed by atoms with Gasteiger partial charge in [-0.1, -0.05) is 0 Å². The zero-order valence-corrected chi connectivity index (χ0v) is 10.3. The third-order valence-electron chi connectivity index (χ3n) is 3.91.